The van der Waals surface area contributed by atoms with Crippen LogP contribution < -0.4 is 10.2 Å². The first-order chi connectivity index (χ1) is 9.24. The Balaban J connectivity index is 2.87. The molecule has 0 saturated carbocycles. The van der Waals surface area contributed by atoms with Crippen LogP contribution in [0.4, 0.5) is 13.2 Å². The van der Waals surface area contributed by atoms with Crippen LogP contribution in [0.3, 0.4) is 0 Å². The van der Waals surface area contributed by atoms with E-state index >= 15 is 0 Å². The molecule has 0 spiro atoms. The summed E-state index contributed by atoms with van der Waals surface area (Å²) >= 11 is 5.61. The second-order valence-electron chi connectivity index (χ2n) is 4.62. The molecular weight excluding hydrogens is 293 g/mol. The van der Waals surface area contributed by atoms with Crippen molar-refractivity contribution in [1.82, 2.24) is 10.2 Å². The third-order valence-corrected chi connectivity index (χ3v) is 3.05. The second kappa shape index (κ2) is 6.95. The second-order valence-corrected chi connectivity index (χ2v) is 4.84. The van der Waals surface area contributed by atoms with Gasteiger partial charge in [-0.3, -0.25) is 4.79 Å². The molecule has 0 aliphatic carbocycles. The average Bonchev–Trinajstić information content (AvgIpc) is 2.34. The Hall–Kier alpha value is -1.27. The van der Waals surface area contributed by atoms with Crippen LogP contribution in [0.2, 0.25) is 0 Å². The largest absolute Gasteiger partial charge is 0.416 e. The molecule has 20 heavy (non-hydrogen) atoms. The van der Waals surface area contributed by atoms with Crippen LogP contribution in [0.1, 0.15) is 37.4 Å². The van der Waals surface area contributed by atoms with Gasteiger partial charge in [-0.25, -0.2) is 4.84 Å². The van der Waals surface area contributed by atoms with E-state index in [9.17, 15) is 18.0 Å². The van der Waals surface area contributed by atoms with E-state index in [0.717, 1.165) is 12.1 Å². The fraction of sp³-hybridized carbons (Fsp3) is 0.462. The third kappa shape index (κ3) is 5.02. The van der Waals surface area contributed by atoms with Gasteiger partial charge in [0.05, 0.1) is 5.56 Å². The third-order valence-electron chi connectivity index (χ3n) is 2.79. The fourth-order valence-electron chi connectivity index (χ4n) is 1.93. The lowest BCUT2D eigenvalue weighted by atomic mass is 9.99. The Morgan fingerprint density at radius 2 is 2.05 bits per heavy atom. The number of carbonyl (C=O) groups excluding carboxylic acids is 1. The molecule has 112 valence electrons. The Kier molecular flexibility index (Phi) is 5.83. The summed E-state index contributed by atoms with van der Waals surface area (Å²) in [5, 5.41) is 2.66. The maximum absolute atomic E-state index is 12.7. The van der Waals surface area contributed by atoms with Gasteiger partial charge in [0.15, 0.2) is 0 Å². The zero-order chi connectivity index (χ0) is 15.3. The predicted molar refractivity (Wildman–Crippen MR) is 71.1 cm³/mol. The molecule has 1 aromatic rings. The van der Waals surface area contributed by atoms with Crippen molar-refractivity contribution in [2.45, 2.75) is 38.5 Å². The Labute approximate surface area is 120 Å². The summed E-state index contributed by atoms with van der Waals surface area (Å²) in [7, 11) is 0. The van der Waals surface area contributed by atoms with E-state index in [-0.39, 0.29) is 11.9 Å². The van der Waals surface area contributed by atoms with E-state index in [1.54, 1.807) is 13.0 Å². The van der Waals surface area contributed by atoms with Gasteiger partial charge >= 0.3 is 6.18 Å². The summed E-state index contributed by atoms with van der Waals surface area (Å²) in [6.07, 6.45) is -4.01. The summed E-state index contributed by atoms with van der Waals surface area (Å²) < 4.78 is 38.0. The van der Waals surface area contributed by atoms with Crippen LogP contribution in [0.25, 0.3) is 0 Å². The number of rotatable bonds is 5. The van der Waals surface area contributed by atoms with Crippen molar-refractivity contribution in [2.24, 2.45) is 0 Å². The van der Waals surface area contributed by atoms with Crippen molar-refractivity contribution in [3.8, 4) is 0 Å². The number of hydrogen-bond donors (Lipinski definition) is 2. The molecule has 0 radical (unpaired) electrons. The van der Waals surface area contributed by atoms with E-state index in [1.165, 1.54) is 13.0 Å². The van der Waals surface area contributed by atoms with Crippen molar-refractivity contribution in [2.75, 3.05) is 0 Å². The molecule has 0 heterocycles. The molecular formula is C13H16ClF3N2O. The summed E-state index contributed by atoms with van der Waals surface area (Å²) in [6.45, 7) is 3.14. The van der Waals surface area contributed by atoms with Crippen LogP contribution >= 0.6 is 11.8 Å². The molecule has 2 atom stereocenters. The van der Waals surface area contributed by atoms with Crippen LogP contribution in [0.5, 0.6) is 0 Å². The van der Waals surface area contributed by atoms with Gasteiger partial charge in [-0.05, 0) is 42.8 Å². The maximum atomic E-state index is 12.7. The molecule has 0 aromatic heterocycles. The number of amides is 1. The summed E-state index contributed by atoms with van der Waals surface area (Å²) in [6, 6.07) is 4.27. The molecule has 0 aliphatic heterocycles. The van der Waals surface area contributed by atoms with E-state index in [1.807, 2.05) is 0 Å². The van der Waals surface area contributed by atoms with Crippen molar-refractivity contribution >= 4 is 17.7 Å². The number of alkyl halides is 3. The van der Waals surface area contributed by atoms with Gasteiger partial charge in [0.25, 0.3) is 0 Å². The van der Waals surface area contributed by atoms with E-state index in [4.69, 9.17) is 11.8 Å². The number of hydrogen-bond acceptors (Lipinski definition) is 2. The molecule has 0 fully saturated rings. The average molecular weight is 309 g/mol. The van der Waals surface area contributed by atoms with E-state index in [2.05, 4.69) is 10.2 Å². The summed E-state index contributed by atoms with van der Waals surface area (Å²) in [5.41, 5.74) is -0.300. The SMILES string of the molecule is CC(=O)NC(C)CC(NCl)c1cccc(C(F)(F)F)c1. The van der Waals surface area contributed by atoms with Gasteiger partial charge in [-0.15, -0.1) is 0 Å². The Morgan fingerprint density at radius 1 is 1.40 bits per heavy atom. The van der Waals surface area contributed by atoms with Crippen LogP contribution in [0, 0.1) is 0 Å². The monoisotopic (exact) mass is 308 g/mol. The van der Waals surface area contributed by atoms with Gasteiger partial charge in [-0.1, -0.05) is 12.1 Å². The van der Waals surface area contributed by atoms with E-state index in [0.29, 0.717) is 12.0 Å². The minimum absolute atomic E-state index is 0.199. The van der Waals surface area contributed by atoms with Gasteiger partial charge in [-0.2, -0.15) is 13.2 Å². The van der Waals surface area contributed by atoms with Crippen LogP contribution in [-0.2, 0) is 11.0 Å². The minimum Gasteiger partial charge on any atom is -0.354 e. The lowest BCUT2D eigenvalue weighted by Crippen LogP contribution is -2.33. The molecule has 3 nitrogen and oxygen atoms in total. The quantitative estimate of drug-likeness (QED) is 0.819. The molecule has 0 bridgehead atoms. The van der Waals surface area contributed by atoms with Crippen molar-refractivity contribution < 1.29 is 18.0 Å². The zero-order valence-corrected chi connectivity index (χ0v) is 11.8. The number of nitrogens with one attached hydrogen (secondary N) is 2. The summed E-state index contributed by atoms with van der Waals surface area (Å²) in [4.78, 5) is 13.4. The van der Waals surface area contributed by atoms with Gasteiger partial charge in [0, 0.05) is 19.0 Å². The highest BCUT2D eigenvalue weighted by Gasteiger charge is 2.31. The molecule has 1 rings (SSSR count). The molecule has 1 aromatic carbocycles. The van der Waals surface area contributed by atoms with Gasteiger partial charge < -0.3 is 5.32 Å². The smallest absolute Gasteiger partial charge is 0.354 e. The van der Waals surface area contributed by atoms with Gasteiger partial charge in [0.2, 0.25) is 5.91 Å². The van der Waals surface area contributed by atoms with Gasteiger partial charge in [0.1, 0.15) is 0 Å². The minimum atomic E-state index is -4.39. The Morgan fingerprint density at radius 3 is 2.55 bits per heavy atom. The van der Waals surface area contributed by atoms with Crippen LogP contribution in [0.15, 0.2) is 24.3 Å². The van der Waals surface area contributed by atoms with Crippen molar-refractivity contribution in [3.63, 3.8) is 0 Å². The molecule has 2 N–H and O–H groups in total. The first kappa shape index (κ1) is 16.8. The topological polar surface area (TPSA) is 41.1 Å². The first-order valence-electron chi connectivity index (χ1n) is 6.04. The predicted octanol–water partition coefficient (Wildman–Crippen LogP) is 3.40. The summed E-state index contributed by atoms with van der Waals surface area (Å²) in [5.74, 6) is -0.199. The number of benzene rings is 1. The lowest BCUT2D eigenvalue weighted by Gasteiger charge is -2.21. The van der Waals surface area contributed by atoms with Crippen molar-refractivity contribution in [1.29, 1.82) is 0 Å². The molecule has 0 aliphatic rings. The molecule has 7 heteroatoms. The van der Waals surface area contributed by atoms with Crippen LogP contribution in [-0.4, -0.2) is 11.9 Å². The highest BCUT2D eigenvalue weighted by molar-refractivity contribution is 6.13. The zero-order valence-electron chi connectivity index (χ0n) is 11.1. The number of halogens is 4. The lowest BCUT2D eigenvalue weighted by molar-refractivity contribution is -0.137. The number of carbonyl (C=O) groups is 1. The molecule has 2 unspecified atom stereocenters. The first-order valence-corrected chi connectivity index (χ1v) is 6.42. The Bertz CT molecular complexity index is 465. The normalized spacial score (nSPS) is 14.7. The van der Waals surface area contributed by atoms with Crippen molar-refractivity contribution in [3.05, 3.63) is 35.4 Å². The fourth-order valence-corrected chi connectivity index (χ4v) is 2.15. The highest BCUT2D eigenvalue weighted by atomic mass is 35.5. The maximum Gasteiger partial charge on any atom is 0.416 e. The molecule has 0 saturated heterocycles. The highest BCUT2D eigenvalue weighted by Crippen LogP contribution is 2.31. The van der Waals surface area contributed by atoms with E-state index < -0.39 is 17.8 Å². The molecule has 1 amide bonds. The standard InChI is InChI=1S/C13H16ClF3N2O/c1-8(18-9(2)20)6-12(19-14)10-4-3-5-11(7-10)13(15,16)17/h3-5,7-8,12,19H,6H2,1-2H3,(H,18,20).